The van der Waals surface area contributed by atoms with Crippen LogP contribution in [-0.4, -0.2) is 36.3 Å². The molecule has 6 heteroatoms. The zero-order valence-electron chi connectivity index (χ0n) is 13.4. The molecule has 0 radical (unpaired) electrons. The smallest absolute Gasteiger partial charge is 0.314 e. The Hall–Kier alpha value is -2.47. The van der Waals surface area contributed by atoms with Gasteiger partial charge in [-0.3, -0.25) is 9.78 Å². The van der Waals surface area contributed by atoms with E-state index in [0.29, 0.717) is 42.8 Å². The van der Waals surface area contributed by atoms with Crippen LogP contribution in [0.25, 0.3) is 11.3 Å². The van der Waals surface area contributed by atoms with E-state index in [4.69, 9.17) is 4.74 Å². The van der Waals surface area contributed by atoms with Crippen molar-refractivity contribution in [2.45, 2.75) is 18.3 Å². The fourth-order valence-corrected chi connectivity index (χ4v) is 3.22. The molecule has 1 aliphatic heterocycles. The number of benzene rings is 1. The average Bonchev–Trinajstić information content (AvgIpc) is 2.62. The van der Waals surface area contributed by atoms with Crippen molar-refractivity contribution < 1.29 is 19.0 Å². The van der Waals surface area contributed by atoms with E-state index in [9.17, 15) is 14.3 Å². The molecule has 2 heterocycles. The zero-order chi connectivity index (χ0) is 17.2. The minimum Gasteiger partial charge on any atom is -0.496 e. The number of hydrogen-bond donors (Lipinski definition) is 2. The van der Waals surface area contributed by atoms with Crippen molar-refractivity contribution >= 4 is 5.97 Å². The molecule has 126 valence electrons. The monoisotopic (exact) mass is 330 g/mol. The highest BCUT2D eigenvalue weighted by Crippen LogP contribution is 2.36. The largest absolute Gasteiger partial charge is 0.496 e. The van der Waals surface area contributed by atoms with Gasteiger partial charge in [0.1, 0.15) is 17.3 Å². The number of para-hydroxylation sites is 1. The molecule has 24 heavy (non-hydrogen) atoms. The first-order chi connectivity index (χ1) is 11.6. The van der Waals surface area contributed by atoms with Gasteiger partial charge in [0.15, 0.2) is 0 Å². The molecular weight excluding hydrogens is 311 g/mol. The Morgan fingerprint density at radius 2 is 2.04 bits per heavy atom. The lowest BCUT2D eigenvalue weighted by Gasteiger charge is -2.33. The van der Waals surface area contributed by atoms with Crippen LogP contribution in [0.15, 0.2) is 36.5 Å². The van der Waals surface area contributed by atoms with E-state index in [2.05, 4.69) is 10.3 Å². The van der Waals surface area contributed by atoms with Gasteiger partial charge in [0.05, 0.1) is 12.5 Å². The number of carboxylic acid groups (broad SMARTS) is 1. The van der Waals surface area contributed by atoms with E-state index in [-0.39, 0.29) is 5.69 Å². The van der Waals surface area contributed by atoms with E-state index in [1.54, 1.807) is 24.3 Å². The van der Waals surface area contributed by atoms with Crippen molar-refractivity contribution in [1.29, 1.82) is 0 Å². The number of ether oxygens (including phenoxy) is 1. The zero-order valence-corrected chi connectivity index (χ0v) is 13.4. The van der Waals surface area contributed by atoms with Crippen molar-refractivity contribution in [2.75, 3.05) is 20.2 Å². The van der Waals surface area contributed by atoms with Crippen molar-refractivity contribution in [3.8, 4) is 17.0 Å². The predicted octanol–water partition coefficient (Wildman–Crippen LogP) is 2.60. The summed E-state index contributed by atoms with van der Waals surface area (Å²) in [4.78, 5) is 16.1. The Bertz CT molecular complexity index is 758. The minimum atomic E-state index is -1.08. The van der Waals surface area contributed by atoms with Crippen molar-refractivity contribution in [3.63, 3.8) is 0 Å². The number of methoxy groups -OCH3 is 1. The van der Waals surface area contributed by atoms with Gasteiger partial charge in [0.25, 0.3) is 0 Å². The first kappa shape index (κ1) is 16.4. The van der Waals surface area contributed by atoms with Crippen LogP contribution in [-0.2, 0) is 10.2 Å². The molecule has 1 saturated heterocycles. The molecule has 1 aromatic carbocycles. The average molecular weight is 330 g/mol. The number of rotatable bonds is 4. The number of carbonyl (C=O) groups is 1. The highest BCUT2D eigenvalue weighted by atomic mass is 19.1. The first-order valence-electron chi connectivity index (χ1n) is 7.82. The summed E-state index contributed by atoms with van der Waals surface area (Å²) in [5.74, 6) is -0.960. The van der Waals surface area contributed by atoms with Crippen molar-refractivity contribution in [1.82, 2.24) is 10.3 Å². The van der Waals surface area contributed by atoms with Crippen LogP contribution in [0.2, 0.25) is 0 Å². The summed E-state index contributed by atoms with van der Waals surface area (Å²) in [5, 5.41) is 12.8. The number of aromatic nitrogens is 1. The second kappa shape index (κ2) is 6.57. The second-order valence-electron chi connectivity index (χ2n) is 5.89. The molecule has 1 aliphatic rings. The highest BCUT2D eigenvalue weighted by Gasteiger charge is 2.42. The molecule has 0 saturated carbocycles. The summed E-state index contributed by atoms with van der Waals surface area (Å²) >= 11 is 0. The third-order valence-electron chi connectivity index (χ3n) is 4.62. The van der Waals surface area contributed by atoms with E-state index in [1.807, 2.05) is 0 Å². The number of nitrogens with zero attached hydrogens (tertiary/aromatic N) is 1. The molecule has 3 rings (SSSR count). The summed E-state index contributed by atoms with van der Waals surface area (Å²) in [6.45, 7) is 1.17. The summed E-state index contributed by atoms with van der Waals surface area (Å²) < 4.78 is 20.0. The van der Waals surface area contributed by atoms with Gasteiger partial charge in [0.2, 0.25) is 0 Å². The van der Waals surface area contributed by atoms with Gasteiger partial charge in [0, 0.05) is 11.8 Å². The normalized spacial score (nSPS) is 16.6. The standard InChI is InChI=1S/C18H19FN2O3/c1-24-15-5-3-2-4-13(15)16-14(19)10-12(11-21-16)18(17(22)23)6-8-20-9-7-18/h2-5,10-11,20H,6-9H2,1H3,(H,22,23). The molecule has 2 aromatic rings. The van der Waals surface area contributed by atoms with Crippen LogP contribution < -0.4 is 10.1 Å². The number of halogens is 1. The van der Waals surface area contributed by atoms with Gasteiger partial charge in [-0.1, -0.05) is 12.1 Å². The van der Waals surface area contributed by atoms with E-state index in [0.717, 1.165) is 0 Å². The lowest BCUT2D eigenvalue weighted by atomic mass is 9.73. The number of piperidine rings is 1. The van der Waals surface area contributed by atoms with Crippen LogP contribution in [0, 0.1) is 5.82 Å². The molecule has 0 unspecified atom stereocenters. The molecule has 1 fully saturated rings. The molecule has 5 nitrogen and oxygen atoms in total. The van der Waals surface area contributed by atoms with E-state index < -0.39 is 17.2 Å². The van der Waals surface area contributed by atoms with Gasteiger partial charge in [-0.05, 0) is 49.7 Å². The molecule has 0 bridgehead atoms. The number of carboxylic acids is 1. The maximum Gasteiger partial charge on any atom is 0.314 e. The van der Waals surface area contributed by atoms with Gasteiger partial charge in [-0.15, -0.1) is 0 Å². The number of pyridine rings is 1. The van der Waals surface area contributed by atoms with Crippen LogP contribution >= 0.6 is 0 Å². The third-order valence-corrected chi connectivity index (χ3v) is 4.62. The summed E-state index contributed by atoms with van der Waals surface area (Å²) in [5.41, 5.74) is 0.0235. The molecule has 0 atom stereocenters. The summed E-state index contributed by atoms with van der Waals surface area (Å²) in [7, 11) is 1.51. The first-order valence-corrected chi connectivity index (χ1v) is 7.82. The highest BCUT2D eigenvalue weighted by molar-refractivity contribution is 5.82. The topological polar surface area (TPSA) is 71.5 Å². The number of hydrogen-bond acceptors (Lipinski definition) is 4. The lowest BCUT2D eigenvalue weighted by molar-refractivity contribution is -0.145. The van der Waals surface area contributed by atoms with Crippen LogP contribution in [0.5, 0.6) is 5.75 Å². The Kier molecular flexibility index (Phi) is 4.49. The van der Waals surface area contributed by atoms with Gasteiger partial charge < -0.3 is 15.2 Å². The SMILES string of the molecule is COc1ccccc1-c1ncc(C2(C(=O)O)CCNCC2)cc1F. The van der Waals surface area contributed by atoms with Crippen molar-refractivity contribution in [3.05, 3.63) is 47.9 Å². The Morgan fingerprint density at radius 1 is 1.33 bits per heavy atom. The molecule has 0 amide bonds. The van der Waals surface area contributed by atoms with Crippen LogP contribution in [0.4, 0.5) is 4.39 Å². The molecule has 0 aliphatic carbocycles. The maximum absolute atomic E-state index is 14.7. The van der Waals surface area contributed by atoms with E-state index in [1.165, 1.54) is 19.4 Å². The molecular formula is C18H19FN2O3. The number of aliphatic carboxylic acids is 1. The molecule has 2 N–H and O–H groups in total. The van der Waals surface area contributed by atoms with Crippen LogP contribution in [0.3, 0.4) is 0 Å². The van der Waals surface area contributed by atoms with Crippen LogP contribution in [0.1, 0.15) is 18.4 Å². The molecule has 0 spiro atoms. The van der Waals surface area contributed by atoms with E-state index >= 15 is 0 Å². The summed E-state index contributed by atoms with van der Waals surface area (Å²) in [6.07, 6.45) is 2.30. The second-order valence-corrected chi connectivity index (χ2v) is 5.89. The van der Waals surface area contributed by atoms with Gasteiger partial charge >= 0.3 is 5.97 Å². The maximum atomic E-state index is 14.7. The van der Waals surface area contributed by atoms with Gasteiger partial charge in [-0.2, -0.15) is 0 Å². The third kappa shape index (κ3) is 2.73. The minimum absolute atomic E-state index is 0.158. The fraction of sp³-hybridized carbons (Fsp3) is 0.333. The lowest BCUT2D eigenvalue weighted by Crippen LogP contribution is -2.45. The van der Waals surface area contributed by atoms with Crippen molar-refractivity contribution in [2.24, 2.45) is 0 Å². The van der Waals surface area contributed by atoms with Gasteiger partial charge in [-0.25, -0.2) is 4.39 Å². The Labute approximate surface area is 139 Å². The number of nitrogens with one attached hydrogen (secondary N) is 1. The fourth-order valence-electron chi connectivity index (χ4n) is 3.22. The predicted molar refractivity (Wildman–Crippen MR) is 87.6 cm³/mol. The Morgan fingerprint density at radius 3 is 2.67 bits per heavy atom. The Balaban J connectivity index is 2.05. The summed E-state index contributed by atoms with van der Waals surface area (Å²) in [6, 6.07) is 8.33. The quantitative estimate of drug-likeness (QED) is 0.902. The molecule has 1 aromatic heterocycles.